The molecule has 224 valence electrons. The third-order valence-electron chi connectivity index (χ3n) is 9.76. The van der Waals surface area contributed by atoms with E-state index in [2.05, 4.69) is 83.0 Å². The highest BCUT2D eigenvalue weighted by molar-refractivity contribution is 5.39. The van der Waals surface area contributed by atoms with E-state index in [0.717, 1.165) is 56.5 Å². The van der Waals surface area contributed by atoms with Crippen molar-refractivity contribution in [1.29, 1.82) is 0 Å². The summed E-state index contributed by atoms with van der Waals surface area (Å²) in [6.45, 7) is 8.41. The van der Waals surface area contributed by atoms with E-state index in [9.17, 15) is 10.2 Å². The number of para-hydroxylation sites is 1. The average molecular weight is 553 g/mol. The maximum Gasteiger partial charge on any atom is 0.124 e. The van der Waals surface area contributed by atoms with Crippen LogP contribution in [-0.2, 0) is 12.0 Å². The SMILES string of the molecule is COc1ccccc1C1(O)C(C)CCCC1CN(C)C.Cc1ccccc1CC1(O)C(C)CCCC1CN(C)C. The van der Waals surface area contributed by atoms with E-state index >= 15 is 0 Å². The van der Waals surface area contributed by atoms with E-state index in [4.69, 9.17) is 4.74 Å². The fourth-order valence-corrected chi connectivity index (χ4v) is 7.34. The van der Waals surface area contributed by atoms with Gasteiger partial charge in [-0.25, -0.2) is 0 Å². The summed E-state index contributed by atoms with van der Waals surface area (Å²) in [5.41, 5.74) is 2.18. The van der Waals surface area contributed by atoms with Crippen molar-refractivity contribution >= 4 is 0 Å². The number of rotatable bonds is 8. The molecule has 2 aliphatic rings. The van der Waals surface area contributed by atoms with Gasteiger partial charge in [0.2, 0.25) is 0 Å². The van der Waals surface area contributed by atoms with Gasteiger partial charge < -0.3 is 24.7 Å². The molecule has 40 heavy (non-hydrogen) atoms. The van der Waals surface area contributed by atoms with Crippen LogP contribution in [0.3, 0.4) is 0 Å². The van der Waals surface area contributed by atoms with Crippen molar-refractivity contribution in [3.63, 3.8) is 0 Å². The number of aliphatic hydroxyl groups is 2. The van der Waals surface area contributed by atoms with Crippen LogP contribution in [0, 0.1) is 30.6 Å². The topological polar surface area (TPSA) is 56.2 Å². The van der Waals surface area contributed by atoms with E-state index in [1.54, 1.807) is 7.11 Å². The minimum Gasteiger partial charge on any atom is -0.496 e. The molecule has 6 unspecified atom stereocenters. The summed E-state index contributed by atoms with van der Waals surface area (Å²) in [5, 5.41) is 22.9. The molecule has 5 nitrogen and oxygen atoms in total. The quantitative estimate of drug-likeness (QED) is 0.412. The van der Waals surface area contributed by atoms with Crippen LogP contribution in [0.15, 0.2) is 48.5 Å². The monoisotopic (exact) mass is 552 g/mol. The summed E-state index contributed by atoms with van der Waals surface area (Å²) in [4.78, 5) is 4.38. The summed E-state index contributed by atoms with van der Waals surface area (Å²) in [7, 11) is 10.0. The maximum atomic E-state index is 11.5. The summed E-state index contributed by atoms with van der Waals surface area (Å²) < 4.78 is 5.49. The van der Waals surface area contributed by atoms with Crippen molar-refractivity contribution < 1.29 is 14.9 Å². The lowest BCUT2D eigenvalue weighted by Crippen LogP contribution is -2.52. The second-order valence-electron chi connectivity index (χ2n) is 13.2. The van der Waals surface area contributed by atoms with Crippen molar-refractivity contribution in [2.45, 2.75) is 76.9 Å². The molecular weight excluding hydrogens is 496 g/mol. The Labute approximate surface area is 244 Å². The lowest BCUT2D eigenvalue weighted by atomic mass is 9.65. The van der Waals surface area contributed by atoms with Crippen LogP contribution < -0.4 is 4.74 Å². The molecule has 2 aromatic rings. The Balaban J connectivity index is 0.000000220. The number of hydrogen-bond donors (Lipinski definition) is 2. The van der Waals surface area contributed by atoms with Crippen LogP contribution in [0.25, 0.3) is 0 Å². The minimum atomic E-state index is -0.797. The number of ether oxygens (including phenoxy) is 1. The maximum absolute atomic E-state index is 11.5. The van der Waals surface area contributed by atoms with E-state index in [1.165, 1.54) is 24.0 Å². The molecule has 0 amide bonds. The van der Waals surface area contributed by atoms with Crippen LogP contribution in [-0.4, -0.2) is 74.0 Å². The summed E-state index contributed by atoms with van der Waals surface area (Å²) in [5.74, 6) is 2.05. The van der Waals surface area contributed by atoms with Crippen molar-refractivity contribution in [2.24, 2.45) is 23.7 Å². The molecule has 6 atom stereocenters. The van der Waals surface area contributed by atoms with Gasteiger partial charge in [0.05, 0.1) is 18.3 Å². The fourth-order valence-electron chi connectivity index (χ4n) is 7.34. The Kier molecular flexibility index (Phi) is 11.7. The van der Waals surface area contributed by atoms with E-state index in [0.29, 0.717) is 11.8 Å². The van der Waals surface area contributed by atoms with Crippen molar-refractivity contribution in [1.82, 2.24) is 9.80 Å². The zero-order valence-electron chi connectivity index (χ0n) is 26.5. The number of methoxy groups -OCH3 is 1. The number of hydrogen-bond acceptors (Lipinski definition) is 5. The van der Waals surface area contributed by atoms with Gasteiger partial charge in [-0.05, 0) is 89.8 Å². The second kappa shape index (κ2) is 14.3. The smallest absolute Gasteiger partial charge is 0.124 e. The highest BCUT2D eigenvalue weighted by atomic mass is 16.5. The minimum absolute atomic E-state index is 0.248. The molecule has 0 radical (unpaired) electrons. The van der Waals surface area contributed by atoms with Crippen molar-refractivity contribution in [3.05, 3.63) is 65.2 Å². The Hall–Kier alpha value is -1.92. The van der Waals surface area contributed by atoms with Gasteiger partial charge in [0, 0.05) is 36.9 Å². The van der Waals surface area contributed by atoms with Gasteiger partial charge in [-0.15, -0.1) is 0 Å². The zero-order valence-corrected chi connectivity index (χ0v) is 26.5. The molecule has 0 heterocycles. The highest BCUT2D eigenvalue weighted by Crippen LogP contribution is 2.48. The molecule has 2 saturated carbocycles. The molecule has 0 aromatic heterocycles. The lowest BCUT2D eigenvalue weighted by Gasteiger charge is -2.46. The largest absolute Gasteiger partial charge is 0.496 e. The van der Waals surface area contributed by atoms with E-state index in [1.807, 2.05) is 24.3 Å². The van der Waals surface area contributed by atoms with Gasteiger partial charge >= 0.3 is 0 Å². The van der Waals surface area contributed by atoms with Gasteiger partial charge in [-0.1, -0.05) is 69.2 Å². The van der Waals surface area contributed by atoms with Gasteiger partial charge in [0.25, 0.3) is 0 Å². The Morgan fingerprint density at radius 3 is 1.95 bits per heavy atom. The van der Waals surface area contributed by atoms with Crippen LogP contribution in [0.5, 0.6) is 5.75 Å². The third kappa shape index (κ3) is 7.47. The first-order chi connectivity index (χ1) is 18.9. The first-order valence-corrected chi connectivity index (χ1v) is 15.4. The van der Waals surface area contributed by atoms with Gasteiger partial charge in [-0.2, -0.15) is 0 Å². The molecule has 0 bridgehead atoms. The Morgan fingerprint density at radius 2 is 1.32 bits per heavy atom. The molecule has 0 spiro atoms. The summed E-state index contributed by atoms with van der Waals surface area (Å²) in [6, 6.07) is 16.4. The fraction of sp³-hybridized carbons (Fsp3) is 0.657. The van der Waals surface area contributed by atoms with Crippen LogP contribution in [0.2, 0.25) is 0 Å². The van der Waals surface area contributed by atoms with Gasteiger partial charge in [0.15, 0.2) is 0 Å². The first-order valence-electron chi connectivity index (χ1n) is 15.4. The first kappa shape index (κ1) is 32.6. The standard InChI is InChI=1S/C18H29NO.C17H27NO2/c1-14-8-5-6-10-16(14)12-18(20)15(2)9-7-11-17(18)13-19(3)4;1-13-8-7-9-14(12-18(2)3)17(13,19)15-10-5-6-11-16(15)20-4/h5-6,8,10,15,17,20H,7,9,11-13H2,1-4H3;5-6,10-11,13-14,19H,7-9,12H2,1-4H3. The van der Waals surface area contributed by atoms with Gasteiger partial charge in [0.1, 0.15) is 5.75 Å². The third-order valence-corrected chi connectivity index (χ3v) is 9.76. The van der Waals surface area contributed by atoms with Crippen LogP contribution in [0.4, 0.5) is 0 Å². The Morgan fingerprint density at radius 1 is 0.775 bits per heavy atom. The summed E-state index contributed by atoms with van der Waals surface area (Å²) >= 11 is 0. The van der Waals surface area contributed by atoms with Crippen LogP contribution >= 0.6 is 0 Å². The van der Waals surface area contributed by atoms with Crippen molar-refractivity contribution in [3.8, 4) is 5.75 Å². The number of benzene rings is 2. The predicted octanol–water partition coefficient (Wildman–Crippen LogP) is 6.15. The molecule has 2 aromatic carbocycles. The second-order valence-corrected chi connectivity index (χ2v) is 13.2. The number of aryl methyl sites for hydroxylation is 1. The van der Waals surface area contributed by atoms with Crippen molar-refractivity contribution in [2.75, 3.05) is 48.4 Å². The molecule has 5 heteroatoms. The lowest BCUT2D eigenvalue weighted by molar-refractivity contribution is -0.103. The molecule has 2 N–H and O–H groups in total. The normalized spacial score (nSPS) is 30.6. The zero-order chi connectivity index (χ0) is 29.5. The molecule has 2 fully saturated rings. The van der Waals surface area contributed by atoms with E-state index < -0.39 is 11.2 Å². The predicted molar refractivity (Wildman–Crippen MR) is 167 cm³/mol. The summed E-state index contributed by atoms with van der Waals surface area (Å²) in [6.07, 6.45) is 7.65. The van der Waals surface area contributed by atoms with Crippen LogP contribution in [0.1, 0.15) is 69.1 Å². The highest BCUT2D eigenvalue weighted by Gasteiger charge is 2.47. The molecular formula is C35H56N2O3. The average Bonchev–Trinajstić information content (AvgIpc) is 2.91. The van der Waals surface area contributed by atoms with Gasteiger partial charge in [-0.3, -0.25) is 0 Å². The number of nitrogens with zero attached hydrogens (tertiary/aromatic N) is 2. The molecule has 0 aliphatic heterocycles. The van der Waals surface area contributed by atoms with E-state index in [-0.39, 0.29) is 11.8 Å². The Bertz CT molecular complexity index is 1060. The molecule has 0 saturated heterocycles. The molecule has 2 aliphatic carbocycles. The molecule has 4 rings (SSSR count).